The summed E-state index contributed by atoms with van der Waals surface area (Å²) in [4.78, 5) is 38.3. The molecule has 0 radical (unpaired) electrons. The third-order valence-corrected chi connectivity index (χ3v) is 10.3. The summed E-state index contributed by atoms with van der Waals surface area (Å²) in [6.07, 6.45) is -2.39. The monoisotopic (exact) mass is 589 g/mol. The molecule has 0 amide bonds. The number of ether oxygens (including phenoxy) is 1. The maximum atomic E-state index is 12.0. The molecule has 2 aromatic heterocycles. The topological polar surface area (TPSA) is 201 Å². The summed E-state index contributed by atoms with van der Waals surface area (Å²) in [6.45, 7) is -0.716. The molecular weight excluding hydrogens is 564 g/mol. The molecule has 1 fully saturated rings. The van der Waals surface area contributed by atoms with Gasteiger partial charge in [-0.25, -0.2) is 4.68 Å². The predicted molar refractivity (Wildman–Crippen MR) is 135 cm³/mol. The summed E-state index contributed by atoms with van der Waals surface area (Å²) >= 11 is 6.27. The summed E-state index contributed by atoms with van der Waals surface area (Å²) in [7, 11) is -7.63. The van der Waals surface area contributed by atoms with Crippen LogP contribution in [0.5, 0.6) is 0 Å². The minimum atomic E-state index is -4.83. The Bertz CT molecular complexity index is 1450. The Hall–Kier alpha value is -1.96. The normalized spacial score (nSPS) is 27.0. The van der Waals surface area contributed by atoms with Crippen molar-refractivity contribution >= 4 is 43.6 Å². The number of aryl methyl sites for hydroxylation is 1. The first-order chi connectivity index (χ1) is 17.8. The summed E-state index contributed by atoms with van der Waals surface area (Å²) < 4.78 is 34.7. The molecule has 2 aliphatic rings. The maximum Gasteiger partial charge on any atom is 0.340 e. The molecule has 1 aromatic carbocycles. The Kier molecular flexibility index (Phi) is 7.42. The molecule has 0 saturated carbocycles. The standard InChI is InChI=1S/C21H26ClN5O9P2/c1-26(14-7-6-11-4-2-3-5-12(11)14)18-13-8-23-27(19(13)25-21(22)24-18)20-17(29)16(28)15(36-20)9-35-38(33,34)10-37(30,31)32/h2-5,8,14-17,20,28-29H,6-7,9-10H2,1H3,(H,33,34)(H2,30,31,32)/t14-,15-,16-,17-,20-/m1/s1. The molecule has 3 aromatic rings. The van der Waals surface area contributed by atoms with Crippen molar-refractivity contribution in [3.8, 4) is 0 Å². The van der Waals surface area contributed by atoms with Crippen LogP contribution in [-0.2, 0) is 24.8 Å². The van der Waals surface area contributed by atoms with Gasteiger partial charge in [0, 0.05) is 7.05 Å². The highest BCUT2D eigenvalue weighted by Crippen LogP contribution is 2.55. The molecule has 0 bridgehead atoms. The van der Waals surface area contributed by atoms with Crippen LogP contribution in [-0.4, -0.2) is 82.5 Å². The number of rotatable bonds is 8. The van der Waals surface area contributed by atoms with Gasteiger partial charge in [0.15, 0.2) is 17.8 Å². The zero-order valence-electron chi connectivity index (χ0n) is 20.0. The average molecular weight is 590 g/mol. The number of fused-ring (bicyclic) bond motifs is 2. The number of hydrogen-bond donors (Lipinski definition) is 5. The summed E-state index contributed by atoms with van der Waals surface area (Å²) in [6, 6.07) is 8.20. The lowest BCUT2D eigenvalue weighted by atomic mass is 10.1. The minimum Gasteiger partial charge on any atom is -0.387 e. The number of hydrogen-bond acceptors (Lipinski definition) is 10. The van der Waals surface area contributed by atoms with Crippen LogP contribution >= 0.6 is 26.8 Å². The van der Waals surface area contributed by atoms with Gasteiger partial charge in [-0.05, 0) is 35.6 Å². The van der Waals surface area contributed by atoms with E-state index in [1.54, 1.807) is 0 Å². The van der Waals surface area contributed by atoms with Crippen LogP contribution in [0.4, 0.5) is 5.82 Å². The van der Waals surface area contributed by atoms with E-state index in [-0.39, 0.29) is 17.0 Å². The van der Waals surface area contributed by atoms with Gasteiger partial charge >= 0.3 is 15.2 Å². The van der Waals surface area contributed by atoms with E-state index in [0.29, 0.717) is 11.2 Å². The summed E-state index contributed by atoms with van der Waals surface area (Å²) in [5, 5.41) is 25.9. The summed E-state index contributed by atoms with van der Waals surface area (Å²) in [5.74, 6) is -0.880. The van der Waals surface area contributed by atoms with Gasteiger partial charge in [-0.1, -0.05) is 24.3 Å². The van der Waals surface area contributed by atoms with Crippen molar-refractivity contribution in [2.24, 2.45) is 0 Å². The van der Waals surface area contributed by atoms with Gasteiger partial charge in [0.1, 0.15) is 24.1 Å². The van der Waals surface area contributed by atoms with E-state index < -0.39 is 52.2 Å². The molecule has 17 heteroatoms. The second-order valence-electron chi connectivity index (χ2n) is 9.29. The molecule has 5 N–H and O–H groups in total. The van der Waals surface area contributed by atoms with Gasteiger partial charge in [-0.2, -0.15) is 15.1 Å². The fraction of sp³-hybridized carbons (Fsp3) is 0.476. The van der Waals surface area contributed by atoms with Gasteiger partial charge in [-0.3, -0.25) is 9.13 Å². The van der Waals surface area contributed by atoms with Crippen molar-refractivity contribution in [1.29, 1.82) is 0 Å². The van der Waals surface area contributed by atoms with Crippen LogP contribution < -0.4 is 4.90 Å². The molecule has 3 heterocycles. The Morgan fingerprint density at radius 1 is 1.18 bits per heavy atom. The fourth-order valence-electron chi connectivity index (χ4n) is 4.96. The molecule has 6 atom stereocenters. The number of nitrogens with zero attached hydrogens (tertiary/aromatic N) is 5. The maximum absolute atomic E-state index is 12.0. The molecule has 14 nitrogen and oxygen atoms in total. The molecule has 1 unspecified atom stereocenters. The van der Waals surface area contributed by atoms with Crippen molar-refractivity contribution in [2.45, 2.75) is 43.4 Å². The second-order valence-corrected chi connectivity index (χ2v) is 13.6. The number of aliphatic hydroxyl groups excluding tert-OH is 2. The molecule has 1 aliphatic carbocycles. The van der Waals surface area contributed by atoms with Crippen LogP contribution in [0.25, 0.3) is 11.0 Å². The lowest BCUT2D eigenvalue weighted by Crippen LogP contribution is -2.33. The number of benzene rings is 1. The molecular formula is C21H26ClN5O9P2. The molecule has 1 aliphatic heterocycles. The second kappa shape index (κ2) is 10.2. The minimum absolute atomic E-state index is 0.0442. The first kappa shape index (κ1) is 27.6. The highest BCUT2D eigenvalue weighted by atomic mass is 35.5. The van der Waals surface area contributed by atoms with E-state index >= 15 is 0 Å². The zero-order chi connectivity index (χ0) is 27.4. The molecule has 206 valence electrons. The van der Waals surface area contributed by atoms with Crippen LogP contribution in [0, 0.1) is 0 Å². The number of aliphatic hydroxyl groups is 2. The van der Waals surface area contributed by atoms with Crippen LogP contribution in [0.15, 0.2) is 30.5 Å². The van der Waals surface area contributed by atoms with E-state index in [0.717, 1.165) is 12.8 Å². The summed E-state index contributed by atoms with van der Waals surface area (Å²) in [5.41, 5.74) is 2.67. The average Bonchev–Trinajstić information content (AvgIpc) is 3.52. The van der Waals surface area contributed by atoms with Crippen molar-refractivity contribution in [3.63, 3.8) is 0 Å². The van der Waals surface area contributed by atoms with Crippen LogP contribution in [0.3, 0.4) is 0 Å². The lowest BCUT2D eigenvalue weighted by Gasteiger charge is -2.27. The number of aromatic nitrogens is 4. The first-order valence-corrected chi connectivity index (χ1v) is 15.5. The van der Waals surface area contributed by atoms with Crippen LogP contribution in [0.1, 0.15) is 29.8 Å². The quantitative estimate of drug-likeness (QED) is 0.187. The Labute approximate surface area is 221 Å². The Morgan fingerprint density at radius 3 is 2.66 bits per heavy atom. The lowest BCUT2D eigenvalue weighted by molar-refractivity contribution is -0.0541. The van der Waals surface area contributed by atoms with Crippen molar-refractivity contribution in [2.75, 3.05) is 24.5 Å². The van der Waals surface area contributed by atoms with Gasteiger partial charge in [0.05, 0.1) is 24.2 Å². The highest BCUT2D eigenvalue weighted by Gasteiger charge is 2.46. The molecule has 1 saturated heterocycles. The Morgan fingerprint density at radius 2 is 1.92 bits per heavy atom. The van der Waals surface area contributed by atoms with E-state index in [1.165, 1.54) is 22.0 Å². The third-order valence-electron chi connectivity index (χ3n) is 6.69. The van der Waals surface area contributed by atoms with Gasteiger partial charge in [0.25, 0.3) is 0 Å². The first-order valence-electron chi connectivity index (χ1n) is 11.6. The van der Waals surface area contributed by atoms with E-state index in [9.17, 15) is 24.2 Å². The zero-order valence-corrected chi connectivity index (χ0v) is 22.5. The number of halogens is 1. The van der Waals surface area contributed by atoms with Crippen LogP contribution in [0.2, 0.25) is 5.28 Å². The fourth-order valence-corrected chi connectivity index (χ4v) is 7.69. The molecule has 0 spiro atoms. The smallest absolute Gasteiger partial charge is 0.340 e. The largest absolute Gasteiger partial charge is 0.387 e. The molecule has 5 rings (SSSR count). The van der Waals surface area contributed by atoms with E-state index in [2.05, 4.69) is 27.2 Å². The van der Waals surface area contributed by atoms with Gasteiger partial charge < -0.3 is 39.1 Å². The highest BCUT2D eigenvalue weighted by molar-refractivity contribution is 7.70. The molecule has 38 heavy (non-hydrogen) atoms. The SMILES string of the molecule is CN(c1nc(Cl)nc2c1cnn2[C@@H]1O[C@H](COP(=O)(O)CP(=O)(O)O)[C@@H](O)[C@H]1O)[C@@H]1CCc2ccccc21. The predicted octanol–water partition coefficient (Wildman–Crippen LogP) is 1.56. The Balaban J connectivity index is 1.40. The van der Waals surface area contributed by atoms with Crippen molar-refractivity contribution in [3.05, 3.63) is 46.9 Å². The van der Waals surface area contributed by atoms with E-state index in [1.807, 2.05) is 24.1 Å². The van der Waals surface area contributed by atoms with E-state index in [4.69, 9.17) is 30.6 Å². The van der Waals surface area contributed by atoms with Gasteiger partial charge in [0.2, 0.25) is 5.28 Å². The van der Waals surface area contributed by atoms with Crippen molar-refractivity contribution < 1.29 is 43.3 Å². The van der Waals surface area contributed by atoms with Gasteiger partial charge in [-0.15, -0.1) is 0 Å². The number of anilines is 1. The van der Waals surface area contributed by atoms with Crippen molar-refractivity contribution in [1.82, 2.24) is 19.7 Å². The third kappa shape index (κ3) is 5.39.